The molecule has 3 heteroatoms. The van der Waals surface area contributed by atoms with E-state index in [2.05, 4.69) is 10.3 Å². The van der Waals surface area contributed by atoms with Crippen LogP contribution in [0.4, 0.5) is 0 Å². The molecule has 0 amide bonds. The van der Waals surface area contributed by atoms with Crippen LogP contribution in [-0.2, 0) is 6.42 Å². The number of rotatable bonds is 3. The lowest BCUT2D eigenvalue weighted by atomic mass is 10.00. The second-order valence-electron chi connectivity index (χ2n) is 4.87. The molecular formula is C12H18N2O. The number of hydrogen-bond acceptors (Lipinski definition) is 3. The molecule has 2 heterocycles. The van der Waals surface area contributed by atoms with Crippen LogP contribution in [0.2, 0.25) is 0 Å². The summed E-state index contributed by atoms with van der Waals surface area (Å²) in [4.78, 5) is 4.39. The van der Waals surface area contributed by atoms with Crippen LogP contribution in [0.15, 0.2) is 10.6 Å². The first-order valence-electron chi connectivity index (χ1n) is 6.07. The molecule has 1 saturated heterocycles. The van der Waals surface area contributed by atoms with Crippen LogP contribution >= 0.6 is 0 Å². The van der Waals surface area contributed by atoms with E-state index < -0.39 is 0 Å². The van der Waals surface area contributed by atoms with Crippen molar-refractivity contribution in [2.75, 3.05) is 13.1 Å². The molecule has 0 bridgehead atoms. The van der Waals surface area contributed by atoms with Crippen LogP contribution in [0.5, 0.6) is 0 Å². The smallest absolute Gasteiger partial charge is 0.194 e. The Morgan fingerprint density at radius 1 is 1.33 bits per heavy atom. The quantitative estimate of drug-likeness (QED) is 0.823. The first kappa shape index (κ1) is 9.40. The SMILES string of the molecule is c1nc(CC2CNC2)oc1C1CCCC1. The van der Waals surface area contributed by atoms with Crippen LogP contribution < -0.4 is 5.32 Å². The van der Waals surface area contributed by atoms with Gasteiger partial charge in [-0.05, 0) is 31.8 Å². The fourth-order valence-corrected chi connectivity index (χ4v) is 2.56. The molecule has 15 heavy (non-hydrogen) atoms. The topological polar surface area (TPSA) is 38.1 Å². The molecule has 1 aliphatic carbocycles. The van der Waals surface area contributed by atoms with E-state index in [1.54, 1.807) is 0 Å². The Hall–Kier alpha value is -0.830. The summed E-state index contributed by atoms with van der Waals surface area (Å²) in [6, 6.07) is 0. The van der Waals surface area contributed by atoms with Gasteiger partial charge in [0.05, 0.1) is 6.20 Å². The third-order valence-electron chi connectivity index (χ3n) is 3.66. The lowest BCUT2D eigenvalue weighted by Gasteiger charge is -2.25. The second kappa shape index (κ2) is 3.97. The maximum absolute atomic E-state index is 5.84. The fourth-order valence-electron chi connectivity index (χ4n) is 2.56. The van der Waals surface area contributed by atoms with Gasteiger partial charge in [0.1, 0.15) is 5.76 Å². The van der Waals surface area contributed by atoms with E-state index in [9.17, 15) is 0 Å². The molecule has 1 N–H and O–H groups in total. The van der Waals surface area contributed by atoms with Gasteiger partial charge in [-0.1, -0.05) is 12.8 Å². The maximum Gasteiger partial charge on any atom is 0.194 e. The summed E-state index contributed by atoms with van der Waals surface area (Å²) in [7, 11) is 0. The van der Waals surface area contributed by atoms with Gasteiger partial charge in [0.25, 0.3) is 0 Å². The highest BCUT2D eigenvalue weighted by molar-refractivity contribution is 5.04. The van der Waals surface area contributed by atoms with Crippen molar-refractivity contribution in [3.8, 4) is 0 Å². The van der Waals surface area contributed by atoms with Gasteiger partial charge in [0, 0.05) is 12.3 Å². The van der Waals surface area contributed by atoms with E-state index in [0.717, 1.165) is 37.1 Å². The molecule has 1 saturated carbocycles. The predicted octanol–water partition coefficient (Wildman–Crippen LogP) is 2.09. The molecule has 2 aliphatic rings. The van der Waals surface area contributed by atoms with Crippen molar-refractivity contribution in [1.29, 1.82) is 0 Å². The fraction of sp³-hybridized carbons (Fsp3) is 0.750. The normalized spacial score (nSPS) is 23.2. The first-order valence-corrected chi connectivity index (χ1v) is 6.07. The molecule has 0 aromatic carbocycles. The molecule has 0 unspecified atom stereocenters. The Labute approximate surface area is 90.3 Å². The van der Waals surface area contributed by atoms with Gasteiger partial charge in [0.2, 0.25) is 0 Å². The van der Waals surface area contributed by atoms with E-state index in [-0.39, 0.29) is 0 Å². The van der Waals surface area contributed by atoms with Gasteiger partial charge in [-0.25, -0.2) is 4.98 Å². The molecule has 0 radical (unpaired) electrons. The van der Waals surface area contributed by atoms with Crippen molar-refractivity contribution in [3.63, 3.8) is 0 Å². The number of nitrogens with one attached hydrogen (secondary N) is 1. The van der Waals surface area contributed by atoms with Crippen molar-refractivity contribution in [1.82, 2.24) is 10.3 Å². The van der Waals surface area contributed by atoms with Crippen LogP contribution in [0.25, 0.3) is 0 Å². The second-order valence-corrected chi connectivity index (χ2v) is 4.87. The molecule has 82 valence electrons. The minimum atomic E-state index is 0.658. The van der Waals surface area contributed by atoms with Crippen molar-refractivity contribution in [3.05, 3.63) is 17.8 Å². The highest BCUT2D eigenvalue weighted by Gasteiger charge is 2.23. The van der Waals surface area contributed by atoms with Crippen LogP contribution in [0.1, 0.15) is 43.3 Å². The van der Waals surface area contributed by atoms with Gasteiger partial charge in [-0.3, -0.25) is 0 Å². The lowest BCUT2D eigenvalue weighted by Crippen LogP contribution is -2.43. The van der Waals surface area contributed by atoms with Crippen LogP contribution in [-0.4, -0.2) is 18.1 Å². The summed E-state index contributed by atoms with van der Waals surface area (Å²) >= 11 is 0. The largest absolute Gasteiger partial charge is 0.445 e. The summed E-state index contributed by atoms with van der Waals surface area (Å²) in [6.45, 7) is 2.25. The summed E-state index contributed by atoms with van der Waals surface area (Å²) in [5.41, 5.74) is 0. The highest BCUT2D eigenvalue weighted by atomic mass is 16.4. The Morgan fingerprint density at radius 3 is 2.80 bits per heavy atom. The molecule has 1 aromatic rings. The zero-order valence-corrected chi connectivity index (χ0v) is 9.04. The van der Waals surface area contributed by atoms with Gasteiger partial charge in [-0.15, -0.1) is 0 Å². The zero-order chi connectivity index (χ0) is 10.1. The van der Waals surface area contributed by atoms with Crippen molar-refractivity contribution < 1.29 is 4.42 Å². The van der Waals surface area contributed by atoms with E-state index in [1.165, 1.54) is 25.7 Å². The van der Waals surface area contributed by atoms with Crippen molar-refractivity contribution in [2.45, 2.75) is 38.0 Å². The standard InChI is InChI=1S/C12H18N2O/c1-2-4-10(3-1)11-8-14-12(15-11)5-9-6-13-7-9/h8-10,13H,1-7H2. The minimum absolute atomic E-state index is 0.658. The average molecular weight is 206 g/mol. The number of nitrogens with zero attached hydrogens (tertiary/aromatic N) is 1. The Bertz CT molecular complexity index is 324. The highest BCUT2D eigenvalue weighted by Crippen LogP contribution is 2.34. The average Bonchev–Trinajstić information content (AvgIpc) is 2.82. The minimum Gasteiger partial charge on any atom is -0.445 e. The summed E-state index contributed by atoms with van der Waals surface area (Å²) < 4.78 is 5.84. The third-order valence-corrected chi connectivity index (χ3v) is 3.66. The van der Waals surface area contributed by atoms with Crippen molar-refractivity contribution >= 4 is 0 Å². The maximum atomic E-state index is 5.84. The molecular weight excluding hydrogens is 188 g/mol. The van der Waals surface area contributed by atoms with Crippen LogP contribution in [0, 0.1) is 5.92 Å². The molecule has 1 aliphatic heterocycles. The summed E-state index contributed by atoms with van der Waals surface area (Å²) in [6.07, 6.45) is 8.26. The zero-order valence-electron chi connectivity index (χ0n) is 9.04. The number of aromatic nitrogens is 1. The molecule has 3 rings (SSSR count). The Morgan fingerprint density at radius 2 is 2.13 bits per heavy atom. The van der Waals surface area contributed by atoms with Gasteiger partial charge < -0.3 is 9.73 Å². The molecule has 2 fully saturated rings. The number of hydrogen-bond donors (Lipinski definition) is 1. The van der Waals surface area contributed by atoms with Crippen LogP contribution in [0.3, 0.4) is 0 Å². The summed E-state index contributed by atoms with van der Waals surface area (Å²) in [5.74, 6) is 3.49. The molecule has 3 nitrogen and oxygen atoms in total. The first-order chi connectivity index (χ1) is 7.42. The number of oxazole rings is 1. The summed E-state index contributed by atoms with van der Waals surface area (Å²) in [5, 5.41) is 3.27. The molecule has 0 spiro atoms. The third kappa shape index (κ3) is 1.93. The van der Waals surface area contributed by atoms with Gasteiger partial charge >= 0.3 is 0 Å². The Kier molecular flexibility index (Phi) is 2.49. The van der Waals surface area contributed by atoms with Gasteiger partial charge in [-0.2, -0.15) is 0 Å². The Balaban J connectivity index is 1.64. The lowest BCUT2D eigenvalue weighted by molar-refractivity contribution is 0.310. The van der Waals surface area contributed by atoms with E-state index in [1.807, 2.05) is 6.20 Å². The van der Waals surface area contributed by atoms with E-state index in [0.29, 0.717) is 5.92 Å². The molecule has 0 atom stereocenters. The monoisotopic (exact) mass is 206 g/mol. The van der Waals surface area contributed by atoms with E-state index in [4.69, 9.17) is 4.42 Å². The van der Waals surface area contributed by atoms with Crippen molar-refractivity contribution in [2.24, 2.45) is 5.92 Å². The molecule has 1 aromatic heterocycles. The van der Waals surface area contributed by atoms with E-state index >= 15 is 0 Å². The predicted molar refractivity (Wildman–Crippen MR) is 57.8 cm³/mol. The van der Waals surface area contributed by atoms with Gasteiger partial charge in [0.15, 0.2) is 5.89 Å².